The van der Waals surface area contributed by atoms with Crippen molar-refractivity contribution in [2.45, 2.75) is 38.3 Å². The molecule has 1 aromatic rings. The van der Waals surface area contributed by atoms with Gasteiger partial charge in [0.2, 0.25) is 0 Å². The van der Waals surface area contributed by atoms with Crippen LogP contribution in [0.2, 0.25) is 0 Å². The Morgan fingerprint density at radius 3 is 2.42 bits per heavy atom. The van der Waals surface area contributed by atoms with Gasteiger partial charge in [0, 0.05) is 44.9 Å². The van der Waals surface area contributed by atoms with Gasteiger partial charge in [-0.15, -0.1) is 0 Å². The smallest absolute Gasteiger partial charge is 0.0594 e. The van der Waals surface area contributed by atoms with Crippen LogP contribution in [0.3, 0.4) is 0 Å². The SMILES string of the molecule is CC(NC(Cc1ccccc1)CN1CCOCC1)C1CCOCC1. The average molecular weight is 332 g/mol. The number of morpholine rings is 1. The molecular formula is C20H32N2O2. The topological polar surface area (TPSA) is 33.7 Å². The molecule has 2 heterocycles. The number of nitrogens with zero attached hydrogens (tertiary/aromatic N) is 1. The zero-order chi connectivity index (χ0) is 16.6. The molecule has 1 aromatic carbocycles. The van der Waals surface area contributed by atoms with Gasteiger partial charge >= 0.3 is 0 Å². The quantitative estimate of drug-likeness (QED) is 0.831. The van der Waals surface area contributed by atoms with Crippen molar-refractivity contribution in [1.29, 1.82) is 0 Å². The summed E-state index contributed by atoms with van der Waals surface area (Å²) in [7, 11) is 0. The lowest BCUT2D eigenvalue weighted by molar-refractivity contribution is 0.0297. The molecule has 2 atom stereocenters. The summed E-state index contributed by atoms with van der Waals surface area (Å²) < 4.78 is 11.0. The molecule has 2 unspecified atom stereocenters. The van der Waals surface area contributed by atoms with E-state index in [-0.39, 0.29) is 0 Å². The van der Waals surface area contributed by atoms with Gasteiger partial charge in [0.05, 0.1) is 13.2 Å². The Bertz CT molecular complexity index is 456. The lowest BCUT2D eigenvalue weighted by Crippen LogP contribution is -2.50. The first-order valence-electron chi connectivity index (χ1n) is 9.49. The fourth-order valence-electron chi connectivity index (χ4n) is 3.89. The minimum atomic E-state index is 0.489. The maximum absolute atomic E-state index is 5.52. The number of ether oxygens (including phenoxy) is 2. The van der Waals surface area contributed by atoms with Gasteiger partial charge in [-0.25, -0.2) is 0 Å². The van der Waals surface area contributed by atoms with E-state index < -0.39 is 0 Å². The highest BCUT2D eigenvalue weighted by molar-refractivity contribution is 5.16. The van der Waals surface area contributed by atoms with Crippen molar-refractivity contribution >= 4 is 0 Å². The Labute approximate surface area is 146 Å². The Kier molecular flexibility index (Phi) is 7.09. The molecule has 2 saturated heterocycles. The van der Waals surface area contributed by atoms with E-state index >= 15 is 0 Å². The highest BCUT2D eigenvalue weighted by atomic mass is 16.5. The largest absolute Gasteiger partial charge is 0.381 e. The predicted octanol–water partition coefficient (Wildman–Crippen LogP) is 2.33. The second kappa shape index (κ2) is 9.52. The highest BCUT2D eigenvalue weighted by Crippen LogP contribution is 2.19. The van der Waals surface area contributed by atoms with E-state index in [1.54, 1.807) is 0 Å². The van der Waals surface area contributed by atoms with Crippen molar-refractivity contribution in [3.05, 3.63) is 35.9 Å². The lowest BCUT2D eigenvalue weighted by atomic mass is 9.91. The van der Waals surface area contributed by atoms with Crippen LogP contribution in [0.1, 0.15) is 25.3 Å². The first-order chi connectivity index (χ1) is 11.8. The number of hydrogen-bond donors (Lipinski definition) is 1. The lowest BCUT2D eigenvalue weighted by Gasteiger charge is -2.35. The zero-order valence-electron chi connectivity index (χ0n) is 15.0. The van der Waals surface area contributed by atoms with Crippen LogP contribution in [0.25, 0.3) is 0 Å². The molecule has 4 nitrogen and oxygen atoms in total. The number of hydrogen-bond acceptors (Lipinski definition) is 4. The molecule has 0 aliphatic carbocycles. The number of nitrogens with one attached hydrogen (secondary N) is 1. The van der Waals surface area contributed by atoms with Gasteiger partial charge < -0.3 is 14.8 Å². The summed E-state index contributed by atoms with van der Waals surface area (Å²) in [6.45, 7) is 9.14. The second-order valence-corrected chi connectivity index (χ2v) is 7.20. The van der Waals surface area contributed by atoms with Gasteiger partial charge in [0.15, 0.2) is 0 Å². The second-order valence-electron chi connectivity index (χ2n) is 7.20. The fourth-order valence-corrected chi connectivity index (χ4v) is 3.89. The normalized spacial score (nSPS) is 23.0. The van der Waals surface area contributed by atoms with E-state index in [1.165, 1.54) is 18.4 Å². The van der Waals surface area contributed by atoms with Crippen LogP contribution >= 0.6 is 0 Å². The third-order valence-corrected chi connectivity index (χ3v) is 5.38. The van der Waals surface area contributed by atoms with Crippen molar-refractivity contribution in [3.8, 4) is 0 Å². The first kappa shape index (κ1) is 17.9. The molecule has 0 aromatic heterocycles. The standard InChI is InChI=1S/C20H32N2O2/c1-17(19-7-11-23-12-8-19)21-20(15-18-5-3-2-4-6-18)16-22-9-13-24-14-10-22/h2-6,17,19-21H,7-16H2,1H3. The van der Waals surface area contributed by atoms with Gasteiger partial charge in [-0.3, -0.25) is 4.90 Å². The number of rotatable bonds is 7. The summed E-state index contributed by atoms with van der Waals surface area (Å²) in [5, 5.41) is 3.94. The monoisotopic (exact) mass is 332 g/mol. The molecule has 3 rings (SSSR count). The van der Waals surface area contributed by atoms with Crippen molar-refractivity contribution in [2.75, 3.05) is 46.1 Å². The van der Waals surface area contributed by atoms with Gasteiger partial charge in [0.25, 0.3) is 0 Å². The molecule has 2 aliphatic heterocycles. The van der Waals surface area contributed by atoms with E-state index in [4.69, 9.17) is 9.47 Å². The number of benzene rings is 1. The Morgan fingerprint density at radius 2 is 1.71 bits per heavy atom. The van der Waals surface area contributed by atoms with Crippen molar-refractivity contribution < 1.29 is 9.47 Å². The average Bonchev–Trinajstić information content (AvgIpc) is 2.64. The van der Waals surface area contributed by atoms with E-state index in [0.717, 1.165) is 58.4 Å². The minimum Gasteiger partial charge on any atom is -0.381 e. The molecular weight excluding hydrogens is 300 g/mol. The summed E-state index contributed by atoms with van der Waals surface area (Å²) in [5.41, 5.74) is 1.42. The summed E-state index contributed by atoms with van der Waals surface area (Å²) in [6, 6.07) is 11.9. The third-order valence-electron chi connectivity index (χ3n) is 5.38. The van der Waals surface area contributed by atoms with E-state index in [0.29, 0.717) is 12.1 Å². The van der Waals surface area contributed by atoms with Crippen LogP contribution in [0.5, 0.6) is 0 Å². The van der Waals surface area contributed by atoms with Gasteiger partial charge in [-0.1, -0.05) is 30.3 Å². The molecule has 1 N–H and O–H groups in total. The van der Waals surface area contributed by atoms with Gasteiger partial charge in [0.1, 0.15) is 0 Å². The summed E-state index contributed by atoms with van der Waals surface area (Å²) in [5.74, 6) is 0.738. The van der Waals surface area contributed by atoms with E-state index in [2.05, 4.69) is 47.5 Å². The molecule has 4 heteroatoms. The Morgan fingerprint density at radius 1 is 1.04 bits per heavy atom. The summed E-state index contributed by atoms with van der Waals surface area (Å²) in [6.07, 6.45) is 3.46. The molecule has 0 spiro atoms. The van der Waals surface area contributed by atoms with Crippen LogP contribution in [0, 0.1) is 5.92 Å². The minimum absolute atomic E-state index is 0.489. The molecule has 0 bridgehead atoms. The van der Waals surface area contributed by atoms with Crippen LogP contribution in [-0.2, 0) is 15.9 Å². The van der Waals surface area contributed by atoms with Crippen molar-refractivity contribution in [1.82, 2.24) is 10.2 Å². The van der Waals surface area contributed by atoms with Gasteiger partial charge in [-0.05, 0) is 37.7 Å². The van der Waals surface area contributed by atoms with Crippen LogP contribution < -0.4 is 5.32 Å². The van der Waals surface area contributed by atoms with E-state index in [1.807, 2.05) is 0 Å². The summed E-state index contributed by atoms with van der Waals surface area (Å²) in [4.78, 5) is 2.54. The Hall–Kier alpha value is -0.940. The van der Waals surface area contributed by atoms with E-state index in [9.17, 15) is 0 Å². The molecule has 0 amide bonds. The predicted molar refractivity (Wildman–Crippen MR) is 97.3 cm³/mol. The molecule has 24 heavy (non-hydrogen) atoms. The Balaban J connectivity index is 1.59. The molecule has 2 aliphatic rings. The van der Waals surface area contributed by atoms with Crippen molar-refractivity contribution in [2.24, 2.45) is 5.92 Å². The first-order valence-corrected chi connectivity index (χ1v) is 9.49. The molecule has 0 saturated carbocycles. The van der Waals surface area contributed by atoms with Crippen LogP contribution in [0.15, 0.2) is 30.3 Å². The fraction of sp³-hybridized carbons (Fsp3) is 0.700. The molecule has 2 fully saturated rings. The third kappa shape index (κ3) is 5.55. The van der Waals surface area contributed by atoms with Crippen LogP contribution in [-0.4, -0.2) is 63.0 Å². The maximum atomic E-state index is 5.52. The summed E-state index contributed by atoms with van der Waals surface area (Å²) >= 11 is 0. The molecule has 0 radical (unpaired) electrons. The highest BCUT2D eigenvalue weighted by Gasteiger charge is 2.24. The molecule has 134 valence electrons. The zero-order valence-corrected chi connectivity index (χ0v) is 15.0. The van der Waals surface area contributed by atoms with Crippen LogP contribution in [0.4, 0.5) is 0 Å². The maximum Gasteiger partial charge on any atom is 0.0594 e. The van der Waals surface area contributed by atoms with Crippen molar-refractivity contribution in [3.63, 3.8) is 0 Å². The van der Waals surface area contributed by atoms with Gasteiger partial charge in [-0.2, -0.15) is 0 Å².